The predicted molar refractivity (Wildman–Crippen MR) is 82.2 cm³/mol. The molecule has 0 saturated heterocycles. The van der Waals surface area contributed by atoms with Gasteiger partial charge in [0, 0.05) is 26.0 Å². The summed E-state index contributed by atoms with van der Waals surface area (Å²) in [6, 6.07) is 1.74. The summed E-state index contributed by atoms with van der Waals surface area (Å²) in [6.07, 6.45) is 4.87. The molecular weight excluding hydrogens is 318 g/mol. The van der Waals surface area contributed by atoms with E-state index in [9.17, 15) is 8.42 Å². The Bertz CT molecular complexity index is 935. The van der Waals surface area contributed by atoms with Gasteiger partial charge in [0.1, 0.15) is 17.3 Å². The lowest BCUT2D eigenvalue weighted by molar-refractivity contribution is 0.534. The molecule has 0 aliphatic carbocycles. The Morgan fingerprint density at radius 1 is 1.30 bits per heavy atom. The average Bonchev–Trinajstić information content (AvgIpc) is 3.19. The average molecular weight is 335 g/mol. The third-order valence-corrected chi connectivity index (χ3v) is 5.22. The van der Waals surface area contributed by atoms with Gasteiger partial charge in [-0.25, -0.2) is 13.4 Å². The van der Waals surface area contributed by atoms with Crippen molar-refractivity contribution in [2.75, 3.05) is 0 Å². The molecule has 0 amide bonds. The van der Waals surface area contributed by atoms with Gasteiger partial charge in [-0.05, 0) is 19.9 Å². The molecule has 0 saturated carbocycles. The Kier molecular flexibility index (Phi) is 3.80. The third-order valence-electron chi connectivity index (χ3n) is 3.67. The zero-order valence-corrected chi connectivity index (χ0v) is 13.9. The first-order valence-electron chi connectivity index (χ1n) is 7.10. The van der Waals surface area contributed by atoms with Crippen molar-refractivity contribution in [3.05, 3.63) is 36.3 Å². The van der Waals surface area contributed by atoms with Crippen molar-refractivity contribution in [1.29, 1.82) is 0 Å². The summed E-state index contributed by atoms with van der Waals surface area (Å²) in [7, 11) is -2.03. The van der Waals surface area contributed by atoms with Crippen LogP contribution in [0.4, 0.5) is 0 Å². The molecule has 0 spiro atoms. The number of aryl methyl sites for hydroxylation is 2. The fraction of sp³-hybridized carbons (Fsp3) is 0.357. The number of furan rings is 1. The van der Waals surface area contributed by atoms with Crippen molar-refractivity contribution in [2.24, 2.45) is 7.05 Å². The molecule has 122 valence electrons. The monoisotopic (exact) mass is 335 g/mol. The standard InChI is InChI=1S/C14H17N5O3S/c1-4-19-7-6-15-12(19)9-23(20,21)14-17-16-13(18(14)3)11-5-8-22-10(11)2/h5-8H,4,9H2,1-3H3. The Labute approximate surface area is 133 Å². The lowest BCUT2D eigenvalue weighted by Crippen LogP contribution is -2.14. The highest BCUT2D eigenvalue weighted by molar-refractivity contribution is 7.90. The number of sulfone groups is 1. The number of hydrogen-bond donors (Lipinski definition) is 0. The maximum absolute atomic E-state index is 12.7. The largest absolute Gasteiger partial charge is 0.469 e. The van der Waals surface area contributed by atoms with Crippen LogP contribution in [-0.4, -0.2) is 32.7 Å². The van der Waals surface area contributed by atoms with Gasteiger partial charge < -0.3 is 13.6 Å². The SMILES string of the molecule is CCn1ccnc1CS(=O)(=O)c1nnc(-c2ccoc2C)n1C. The first-order chi connectivity index (χ1) is 10.9. The molecule has 0 fully saturated rings. The van der Waals surface area contributed by atoms with Gasteiger partial charge in [0.15, 0.2) is 5.82 Å². The highest BCUT2D eigenvalue weighted by Gasteiger charge is 2.26. The molecule has 3 aromatic heterocycles. The van der Waals surface area contributed by atoms with Crippen LogP contribution in [0, 0.1) is 6.92 Å². The molecule has 23 heavy (non-hydrogen) atoms. The maximum atomic E-state index is 12.7. The van der Waals surface area contributed by atoms with E-state index in [1.807, 2.05) is 6.92 Å². The quantitative estimate of drug-likeness (QED) is 0.702. The molecule has 0 bridgehead atoms. The van der Waals surface area contributed by atoms with E-state index in [0.717, 1.165) is 5.56 Å². The Hall–Kier alpha value is -2.42. The fourth-order valence-corrected chi connectivity index (χ4v) is 3.82. The second kappa shape index (κ2) is 5.65. The molecule has 8 nitrogen and oxygen atoms in total. The number of imidazole rings is 1. The second-order valence-corrected chi connectivity index (χ2v) is 7.03. The first kappa shape index (κ1) is 15.5. The van der Waals surface area contributed by atoms with Gasteiger partial charge in [-0.2, -0.15) is 0 Å². The van der Waals surface area contributed by atoms with Gasteiger partial charge in [0.25, 0.3) is 0 Å². The molecule has 0 N–H and O–H groups in total. The summed E-state index contributed by atoms with van der Waals surface area (Å²) >= 11 is 0. The summed E-state index contributed by atoms with van der Waals surface area (Å²) in [6.45, 7) is 4.37. The molecule has 3 aromatic rings. The highest BCUT2D eigenvalue weighted by atomic mass is 32.2. The van der Waals surface area contributed by atoms with Crippen molar-refractivity contribution in [3.8, 4) is 11.4 Å². The summed E-state index contributed by atoms with van der Waals surface area (Å²) in [4.78, 5) is 4.11. The van der Waals surface area contributed by atoms with E-state index in [1.54, 1.807) is 37.0 Å². The van der Waals surface area contributed by atoms with Crippen LogP contribution in [0.2, 0.25) is 0 Å². The van der Waals surface area contributed by atoms with Crippen molar-refractivity contribution < 1.29 is 12.8 Å². The summed E-state index contributed by atoms with van der Waals surface area (Å²) in [5.74, 6) is 1.38. The molecule has 0 aliphatic heterocycles. The Morgan fingerprint density at radius 3 is 2.74 bits per heavy atom. The van der Waals surface area contributed by atoms with Crippen LogP contribution in [-0.2, 0) is 29.2 Å². The van der Waals surface area contributed by atoms with Gasteiger partial charge >= 0.3 is 0 Å². The molecule has 0 aliphatic rings. The molecule has 0 radical (unpaired) electrons. The van der Waals surface area contributed by atoms with E-state index in [4.69, 9.17) is 4.42 Å². The Balaban J connectivity index is 1.99. The summed E-state index contributed by atoms with van der Waals surface area (Å²) in [5, 5.41) is 7.79. The Morgan fingerprint density at radius 2 is 2.09 bits per heavy atom. The van der Waals surface area contributed by atoms with E-state index in [1.165, 1.54) is 10.8 Å². The second-order valence-electron chi connectivity index (χ2n) is 5.14. The van der Waals surface area contributed by atoms with Gasteiger partial charge in [-0.1, -0.05) is 0 Å². The predicted octanol–water partition coefficient (Wildman–Crippen LogP) is 1.57. The van der Waals surface area contributed by atoms with Crippen LogP contribution in [0.1, 0.15) is 18.5 Å². The van der Waals surface area contributed by atoms with Crippen LogP contribution in [0.5, 0.6) is 0 Å². The van der Waals surface area contributed by atoms with Crippen LogP contribution in [0.3, 0.4) is 0 Å². The minimum atomic E-state index is -3.65. The van der Waals surface area contributed by atoms with Crippen molar-refractivity contribution in [3.63, 3.8) is 0 Å². The zero-order valence-electron chi connectivity index (χ0n) is 13.1. The minimum Gasteiger partial charge on any atom is -0.469 e. The number of rotatable bonds is 5. The smallest absolute Gasteiger partial charge is 0.250 e. The number of aromatic nitrogens is 5. The molecule has 3 heterocycles. The summed E-state index contributed by atoms with van der Waals surface area (Å²) < 4.78 is 33.8. The van der Waals surface area contributed by atoms with E-state index in [-0.39, 0.29) is 10.9 Å². The van der Waals surface area contributed by atoms with E-state index in [0.29, 0.717) is 24.0 Å². The maximum Gasteiger partial charge on any atom is 0.250 e. The molecule has 9 heteroatoms. The van der Waals surface area contributed by atoms with Crippen molar-refractivity contribution in [2.45, 2.75) is 31.3 Å². The lowest BCUT2D eigenvalue weighted by atomic mass is 10.2. The van der Waals surface area contributed by atoms with Gasteiger partial charge in [0.05, 0.1) is 11.8 Å². The van der Waals surface area contributed by atoms with E-state index in [2.05, 4.69) is 15.2 Å². The van der Waals surface area contributed by atoms with Crippen LogP contribution in [0.25, 0.3) is 11.4 Å². The minimum absolute atomic E-state index is 0.0845. The molecule has 0 aromatic carbocycles. The van der Waals surface area contributed by atoms with Crippen LogP contribution < -0.4 is 0 Å². The van der Waals surface area contributed by atoms with Crippen molar-refractivity contribution in [1.82, 2.24) is 24.3 Å². The molecular formula is C14H17N5O3S. The molecule has 3 rings (SSSR count). The van der Waals surface area contributed by atoms with Gasteiger partial charge in [-0.15, -0.1) is 10.2 Å². The topological polar surface area (TPSA) is 95.8 Å². The van der Waals surface area contributed by atoms with Crippen molar-refractivity contribution >= 4 is 9.84 Å². The normalized spacial score (nSPS) is 12.0. The third kappa shape index (κ3) is 2.67. The van der Waals surface area contributed by atoms with Gasteiger partial charge in [0.2, 0.25) is 15.0 Å². The lowest BCUT2D eigenvalue weighted by Gasteiger charge is -2.06. The molecule has 0 atom stereocenters. The molecule has 0 unspecified atom stereocenters. The van der Waals surface area contributed by atoms with Crippen LogP contribution >= 0.6 is 0 Å². The summed E-state index contributed by atoms with van der Waals surface area (Å²) in [5.41, 5.74) is 0.719. The number of nitrogens with zero attached hydrogens (tertiary/aromatic N) is 5. The first-order valence-corrected chi connectivity index (χ1v) is 8.76. The van der Waals surface area contributed by atoms with Crippen LogP contribution in [0.15, 0.2) is 34.3 Å². The van der Waals surface area contributed by atoms with E-state index < -0.39 is 9.84 Å². The fourth-order valence-electron chi connectivity index (χ4n) is 2.44. The highest BCUT2D eigenvalue weighted by Crippen LogP contribution is 2.24. The van der Waals surface area contributed by atoms with E-state index >= 15 is 0 Å². The number of hydrogen-bond acceptors (Lipinski definition) is 6. The van der Waals surface area contributed by atoms with Gasteiger partial charge in [-0.3, -0.25) is 0 Å². The zero-order chi connectivity index (χ0) is 16.6.